The van der Waals surface area contributed by atoms with Gasteiger partial charge in [0.1, 0.15) is 11.6 Å². The molecule has 0 spiro atoms. The second kappa shape index (κ2) is 8.46. The van der Waals surface area contributed by atoms with Crippen molar-refractivity contribution in [2.45, 2.75) is 33.2 Å². The molecule has 3 aromatic rings. The minimum atomic E-state index is -0.572. The first-order valence-corrected chi connectivity index (χ1v) is 11.4. The summed E-state index contributed by atoms with van der Waals surface area (Å²) in [7, 11) is 0. The van der Waals surface area contributed by atoms with Crippen molar-refractivity contribution in [3.8, 4) is 5.82 Å². The molecule has 0 aromatic carbocycles. The smallest absolute Gasteiger partial charge is 0.337 e. The van der Waals surface area contributed by atoms with Gasteiger partial charge in [-0.25, -0.2) is 29.1 Å². The summed E-state index contributed by atoms with van der Waals surface area (Å²) in [4.78, 5) is 35.0. The van der Waals surface area contributed by atoms with Crippen LogP contribution in [0, 0.1) is 26.6 Å². The van der Waals surface area contributed by atoms with Gasteiger partial charge in [-0.1, -0.05) is 0 Å². The van der Waals surface area contributed by atoms with E-state index in [1.165, 1.54) is 4.68 Å². The highest BCUT2D eigenvalue weighted by Gasteiger charge is 2.34. The average Bonchev–Trinajstić information content (AvgIpc) is 3.53. The predicted octanol–water partition coefficient (Wildman–Crippen LogP) is 2.25. The quantitative estimate of drug-likeness (QED) is 0.578. The van der Waals surface area contributed by atoms with E-state index >= 15 is 0 Å². The number of amides is 2. The van der Waals surface area contributed by atoms with E-state index in [4.69, 9.17) is 0 Å². The van der Waals surface area contributed by atoms with Crippen molar-refractivity contribution in [1.82, 2.24) is 39.6 Å². The first-order chi connectivity index (χ1) is 15.9. The molecule has 2 aliphatic heterocycles. The summed E-state index contributed by atoms with van der Waals surface area (Å²) < 4.78 is 15.8. The number of halogens is 1. The summed E-state index contributed by atoms with van der Waals surface area (Å²) in [5, 5.41) is 11.1. The lowest BCUT2D eigenvalue weighted by Crippen LogP contribution is -2.52. The van der Waals surface area contributed by atoms with Crippen molar-refractivity contribution in [1.29, 1.82) is 0 Å². The maximum absolute atomic E-state index is 14.4. The Labute approximate surface area is 193 Å². The Bertz CT molecular complexity index is 1220. The second-order valence-corrected chi connectivity index (χ2v) is 9.16. The van der Waals surface area contributed by atoms with E-state index in [9.17, 15) is 9.18 Å². The Morgan fingerprint density at radius 3 is 2.55 bits per heavy atom. The monoisotopic (exact) mass is 470 g/mol. The van der Waals surface area contributed by atoms with E-state index < -0.39 is 5.82 Å². The van der Waals surface area contributed by atoms with Crippen LogP contribution in [-0.4, -0.2) is 78.0 Å². The zero-order valence-electron chi connectivity index (χ0n) is 18.5. The number of carbonyl (C=O) groups excluding carboxylic acids is 1. The number of hydrazone groups is 1. The zero-order chi connectivity index (χ0) is 23.1. The van der Waals surface area contributed by atoms with Gasteiger partial charge in [0, 0.05) is 49.9 Å². The van der Waals surface area contributed by atoms with Gasteiger partial charge in [-0.05, 0) is 20.8 Å². The van der Waals surface area contributed by atoms with Crippen LogP contribution < -0.4 is 4.90 Å². The van der Waals surface area contributed by atoms with Gasteiger partial charge in [-0.3, -0.25) is 0 Å². The number of piperazine rings is 1. The Morgan fingerprint density at radius 1 is 1.09 bits per heavy atom. The largest absolute Gasteiger partial charge is 0.341 e. The lowest BCUT2D eigenvalue weighted by Gasteiger charge is -2.36. The highest BCUT2D eigenvalue weighted by molar-refractivity contribution is 7.11. The van der Waals surface area contributed by atoms with E-state index in [0.29, 0.717) is 50.2 Å². The van der Waals surface area contributed by atoms with Crippen LogP contribution in [0.15, 0.2) is 17.5 Å². The molecule has 11 nitrogen and oxygen atoms in total. The van der Waals surface area contributed by atoms with Crippen LogP contribution in [0.25, 0.3) is 5.82 Å². The number of anilines is 1. The fraction of sp³-hybridized carbons (Fsp3) is 0.450. The van der Waals surface area contributed by atoms with Crippen LogP contribution in [0.1, 0.15) is 34.0 Å². The van der Waals surface area contributed by atoms with Crippen molar-refractivity contribution >= 4 is 29.5 Å². The Balaban J connectivity index is 1.27. The third kappa shape index (κ3) is 4.03. The molecule has 0 radical (unpaired) electrons. The fourth-order valence-corrected chi connectivity index (χ4v) is 4.86. The number of hydrogen-bond donors (Lipinski definition) is 0. The second-order valence-electron chi connectivity index (χ2n) is 7.89. The first kappa shape index (κ1) is 21.4. The molecule has 2 amide bonds. The van der Waals surface area contributed by atoms with Gasteiger partial charge in [0.15, 0.2) is 11.6 Å². The van der Waals surface area contributed by atoms with Crippen LogP contribution in [-0.2, 0) is 0 Å². The van der Waals surface area contributed by atoms with Gasteiger partial charge in [0.2, 0.25) is 5.95 Å². The van der Waals surface area contributed by atoms with Crippen molar-refractivity contribution in [3.63, 3.8) is 0 Å². The van der Waals surface area contributed by atoms with Crippen LogP contribution in [0.2, 0.25) is 0 Å². The molecule has 2 aliphatic rings. The van der Waals surface area contributed by atoms with Gasteiger partial charge in [-0.2, -0.15) is 14.8 Å². The Morgan fingerprint density at radius 2 is 1.88 bits per heavy atom. The maximum Gasteiger partial charge on any atom is 0.341 e. The summed E-state index contributed by atoms with van der Waals surface area (Å²) in [5.41, 5.74) is 0. The molecule has 1 fully saturated rings. The molecule has 5 heterocycles. The number of urea groups is 1. The van der Waals surface area contributed by atoms with Crippen molar-refractivity contribution in [2.24, 2.45) is 5.10 Å². The van der Waals surface area contributed by atoms with Crippen LogP contribution in [0.3, 0.4) is 0 Å². The van der Waals surface area contributed by atoms with E-state index in [0.717, 1.165) is 16.1 Å². The molecule has 1 unspecified atom stereocenters. The Hall–Kier alpha value is -3.48. The van der Waals surface area contributed by atoms with Gasteiger partial charge >= 0.3 is 6.03 Å². The van der Waals surface area contributed by atoms with Crippen molar-refractivity contribution < 1.29 is 9.18 Å². The summed E-state index contributed by atoms with van der Waals surface area (Å²) in [6.07, 6.45) is 5.42. The number of aryl methyl sites for hydroxylation is 3. The number of rotatable bonds is 3. The topological polar surface area (TPSA) is 109 Å². The van der Waals surface area contributed by atoms with Gasteiger partial charge in [0.05, 0.1) is 17.2 Å². The molecule has 1 atom stereocenters. The van der Waals surface area contributed by atoms with E-state index in [1.807, 2.05) is 18.0 Å². The standard InChI is InChI=1S/C20H23FN10OS/c1-12-25-13(2)30(27-12)18-15(21)10-23-19(26-18)28-6-8-29(9-7-28)20(32)31-16(4-5-24-31)17-11-22-14(3)33-17/h5,10-11,16H,4,6-9H2,1-3H3. The Kier molecular flexibility index (Phi) is 5.48. The van der Waals surface area contributed by atoms with E-state index in [2.05, 4.69) is 30.1 Å². The summed E-state index contributed by atoms with van der Waals surface area (Å²) in [6, 6.07) is -0.243. The predicted molar refractivity (Wildman–Crippen MR) is 120 cm³/mol. The van der Waals surface area contributed by atoms with Crippen molar-refractivity contribution in [3.05, 3.63) is 39.7 Å². The summed E-state index contributed by atoms with van der Waals surface area (Å²) >= 11 is 1.58. The van der Waals surface area contributed by atoms with Crippen LogP contribution >= 0.6 is 11.3 Å². The normalized spacial score (nSPS) is 18.4. The molecule has 33 heavy (non-hydrogen) atoms. The summed E-state index contributed by atoms with van der Waals surface area (Å²) in [6.45, 7) is 7.44. The molecule has 0 saturated carbocycles. The third-order valence-electron chi connectivity index (χ3n) is 5.61. The third-order valence-corrected chi connectivity index (χ3v) is 6.63. The number of thiazole rings is 1. The first-order valence-electron chi connectivity index (χ1n) is 10.6. The lowest BCUT2D eigenvalue weighted by atomic mass is 10.2. The van der Waals surface area contributed by atoms with E-state index in [1.54, 1.807) is 41.3 Å². The molecule has 0 bridgehead atoms. The van der Waals surface area contributed by atoms with Gasteiger partial charge in [-0.15, -0.1) is 16.4 Å². The average molecular weight is 471 g/mol. The maximum atomic E-state index is 14.4. The summed E-state index contributed by atoms with van der Waals surface area (Å²) in [5.74, 6) is 0.963. The van der Waals surface area contributed by atoms with Crippen molar-refractivity contribution in [2.75, 3.05) is 31.1 Å². The zero-order valence-corrected chi connectivity index (χ0v) is 19.3. The highest BCUT2D eigenvalue weighted by atomic mass is 32.1. The van der Waals surface area contributed by atoms with Gasteiger partial charge < -0.3 is 9.80 Å². The number of hydrogen-bond acceptors (Lipinski definition) is 9. The number of nitrogens with zero attached hydrogens (tertiary/aromatic N) is 10. The molecule has 172 valence electrons. The molecular formula is C20H23FN10OS. The minimum Gasteiger partial charge on any atom is -0.337 e. The molecular weight excluding hydrogens is 447 g/mol. The van der Waals surface area contributed by atoms with E-state index in [-0.39, 0.29) is 17.9 Å². The SMILES string of the molecule is Cc1nc(C)n(-c2nc(N3CCN(C(=O)N4N=CCC4c4cnc(C)s4)CC3)ncc2F)n1. The number of carbonyl (C=O) groups is 1. The molecule has 1 saturated heterocycles. The minimum absolute atomic E-state index is 0.0608. The van der Waals surface area contributed by atoms with Crippen LogP contribution in [0.4, 0.5) is 15.1 Å². The molecule has 0 aliphatic carbocycles. The lowest BCUT2D eigenvalue weighted by molar-refractivity contribution is 0.140. The highest BCUT2D eigenvalue weighted by Crippen LogP contribution is 2.32. The molecule has 13 heteroatoms. The van der Waals surface area contributed by atoms with Gasteiger partial charge in [0.25, 0.3) is 0 Å². The molecule has 5 rings (SSSR count). The number of aromatic nitrogens is 6. The fourth-order valence-electron chi connectivity index (χ4n) is 3.98. The molecule has 3 aromatic heterocycles. The van der Waals surface area contributed by atoms with Crippen LogP contribution in [0.5, 0.6) is 0 Å². The molecule has 0 N–H and O–H groups in total.